The predicted octanol–water partition coefficient (Wildman–Crippen LogP) is 2.53. The highest BCUT2D eigenvalue weighted by atomic mass is 35.5. The van der Waals surface area contributed by atoms with Crippen LogP contribution in [-0.4, -0.2) is 40.3 Å². The van der Waals surface area contributed by atoms with E-state index in [2.05, 4.69) is 4.72 Å². The summed E-state index contributed by atoms with van der Waals surface area (Å²) >= 11 is 7.16. The Morgan fingerprint density at radius 1 is 1.04 bits per heavy atom. The summed E-state index contributed by atoms with van der Waals surface area (Å²) in [6.07, 6.45) is 0.822. The molecule has 25 heavy (non-hydrogen) atoms. The fourth-order valence-corrected chi connectivity index (χ4v) is 6.98. The first-order chi connectivity index (χ1) is 11.8. The van der Waals surface area contributed by atoms with Crippen LogP contribution in [0, 0.1) is 0 Å². The van der Waals surface area contributed by atoms with Gasteiger partial charge in [-0.2, -0.15) is 4.31 Å². The highest BCUT2D eigenvalue weighted by Crippen LogP contribution is 2.27. The molecule has 1 aromatic heterocycles. The minimum atomic E-state index is -3.68. The van der Waals surface area contributed by atoms with Gasteiger partial charge in [-0.1, -0.05) is 29.8 Å². The molecular formula is C15H17ClN2O4S3. The maximum Gasteiger partial charge on any atom is 0.250 e. The summed E-state index contributed by atoms with van der Waals surface area (Å²) in [7, 11) is -7.23. The normalized spacial score (nSPS) is 17.6. The van der Waals surface area contributed by atoms with Crippen LogP contribution < -0.4 is 4.72 Å². The number of piperidine rings is 1. The standard InChI is InChI=1S/C15H17ClN2O4S3/c16-13-4-1-2-5-14(13)25(21,22)18-9-7-12(8-10-18)17-24(19,20)15-6-3-11-23-15/h1-6,11-12,17H,7-10H2. The van der Waals surface area contributed by atoms with Crippen molar-refractivity contribution < 1.29 is 16.8 Å². The SMILES string of the molecule is O=S(=O)(NC1CCN(S(=O)(=O)c2ccccc2Cl)CC1)c1cccs1. The molecule has 1 N–H and O–H groups in total. The molecule has 3 rings (SSSR count). The smallest absolute Gasteiger partial charge is 0.207 e. The van der Waals surface area contributed by atoms with Crippen molar-refractivity contribution in [2.45, 2.75) is 28.0 Å². The van der Waals surface area contributed by atoms with Gasteiger partial charge in [0.05, 0.1) is 5.02 Å². The van der Waals surface area contributed by atoms with Gasteiger partial charge in [0.2, 0.25) is 20.0 Å². The van der Waals surface area contributed by atoms with Crippen LogP contribution in [0.1, 0.15) is 12.8 Å². The second-order valence-electron chi connectivity index (χ2n) is 5.66. The van der Waals surface area contributed by atoms with E-state index in [1.54, 1.807) is 29.6 Å². The van der Waals surface area contributed by atoms with Gasteiger partial charge in [0.1, 0.15) is 9.10 Å². The molecule has 1 aromatic carbocycles. The van der Waals surface area contributed by atoms with E-state index in [0.717, 1.165) is 11.3 Å². The third-order valence-electron chi connectivity index (χ3n) is 3.99. The Morgan fingerprint density at radius 3 is 2.32 bits per heavy atom. The van der Waals surface area contributed by atoms with Crippen molar-refractivity contribution in [2.75, 3.05) is 13.1 Å². The summed E-state index contributed by atoms with van der Waals surface area (Å²) in [5.74, 6) is 0. The minimum Gasteiger partial charge on any atom is -0.207 e. The van der Waals surface area contributed by atoms with Gasteiger partial charge < -0.3 is 0 Å². The van der Waals surface area contributed by atoms with Gasteiger partial charge in [-0.25, -0.2) is 21.6 Å². The van der Waals surface area contributed by atoms with Crippen molar-refractivity contribution >= 4 is 43.0 Å². The summed E-state index contributed by atoms with van der Waals surface area (Å²) in [5.41, 5.74) is 0. The quantitative estimate of drug-likeness (QED) is 0.805. The average Bonchev–Trinajstić information content (AvgIpc) is 3.11. The predicted molar refractivity (Wildman–Crippen MR) is 97.9 cm³/mol. The third-order valence-corrected chi connectivity index (χ3v) is 9.31. The molecule has 1 fully saturated rings. The summed E-state index contributed by atoms with van der Waals surface area (Å²) in [5, 5.41) is 1.89. The number of hydrogen-bond acceptors (Lipinski definition) is 5. The lowest BCUT2D eigenvalue weighted by atomic mass is 10.1. The number of benzene rings is 1. The van der Waals surface area contributed by atoms with E-state index in [-0.39, 0.29) is 33.3 Å². The van der Waals surface area contributed by atoms with Crippen molar-refractivity contribution in [1.29, 1.82) is 0 Å². The average molecular weight is 421 g/mol. The van der Waals surface area contributed by atoms with Crippen LogP contribution in [0.25, 0.3) is 0 Å². The molecular weight excluding hydrogens is 404 g/mol. The Hall–Kier alpha value is -0.970. The lowest BCUT2D eigenvalue weighted by Crippen LogP contribution is -2.46. The molecule has 0 saturated carbocycles. The van der Waals surface area contributed by atoms with Crippen molar-refractivity contribution in [3.8, 4) is 0 Å². The van der Waals surface area contributed by atoms with Crippen LogP contribution in [0.4, 0.5) is 0 Å². The number of nitrogens with zero attached hydrogens (tertiary/aromatic N) is 1. The highest BCUT2D eigenvalue weighted by Gasteiger charge is 2.32. The molecule has 1 aliphatic rings. The van der Waals surface area contributed by atoms with Crippen LogP contribution in [0.15, 0.2) is 50.9 Å². The second-order valence-corrected chi connectivity index (χ2v) is 10.9. The third kappa shape index (κ3) is 4.07. The largest absolute Gasteiger partial charge is 0.250 e. The molecule has 1 saturated heterocycles. The van der Waals surface area contributed by atoms with Gasteiger partial charge in [-0.15, -0.1) is 11.3 Å². The van der Waals surface area contributed by atoms with Gasteiger partial charge in [0.15, 0.2) is 0 Å². The molecule has 0 aliphatic carbocycles. The molecule has 0 atom stereocenters. The molecule has 1 aliphatic heterocycles. The molecule has 10 heteroatoms. The van der Waals surface area contributed by atoms with Crippen molar-refractivity contribution in [2.24, 2.45) is 0 Å². The number of thiophene rings is 1. The van der Waals surface area contributed by atoms with E-state index in [0.29, 0.717) is 12.8 Å². The Labute approximate surface area is 156 Å². The lowest BCUT2D eigenvalue weighted by Gasteiger charge is -2.31. The Balaban J connectivity index is 1.67. The van der Waals surface area contributed by atoms with Gasteiger partial charge in [0.25, 0.3) is 0 Å². The molecule has 0 unspecified atom stereocenters. The van der Waals surface area contributed by atoms with Crippen molar-refractivity contribution in [3.63, 3.8) is 0 Å². The van der Waals surface area contributed by atoms with E-state index in [1.807, 2.05) is 0 Å². The zero-order chi connectivity index (χ0) is 18.1. The number of nitrogens with one attached hydrogen (secondary N) is 1. The van der Waals surface area contributed by atoms with E-state index in [9.17, 15) is 16.8 Å². The topological polar surface area (TPSA) is 83.6 Å². The Bertz CT molecular complexity index is 935. The van der Waals surface area contributed by atoms with Crippen LogP contribution in [0.3, 0.4) is 0 Å². The maximum absolute atomic E-state index is 12.7. The summed E-state index contributed by atoms with van der Waals surface area (Å²) < 4.78 is 54.2. The zero-order valence-electron chi connectivity index (χ0n) is 13.1. The molecule has 136 valence electrons. The van der Waals surface area contributed by atoms with E-state index in [1.165, 1.54) is 16.4 Å². The van der Waals surface area contributed by atoms with E-state index < -0.39 is 20.0 Å². The van der Waals surface area contributed by atoms with Gasteiger partial charge in [-0.05, 0) is 36.4 Å². The number of rotatable bonds is 5. The second kappa shape index (κ2) is 7.34. The Kier molecular flexibility index (Phi) is 5.52. The van der Waals surface area contributed by atoms with Crippen molar-refractivity contribution in [3.05, 3.63) is 46.8 Å². The monoisotopic (exact) mass is 420 g/mol. The van der Waals surface area contributed by atoms with Crippen molar-refractivity contribution in [1.82, 2.24) is 9.03 Å². The molecule has 2 aromatic rings. The fraction of sp³-hybridized carbons (Fsp3) is 0.333. The van der Waals surface area contributed by atoms with Gasteiger partial charge in [0, 0.05) is 19.1 Å². The van der Waals surface area contributed by atoms with Gasteiger partial charge >= 0.3 is 0 Å². The fourth-order valence-electron chi connectivity index (χ4n) is 2.70. The maximum atomic E-state index is 12.7. The molecule has 0 radical (unpaired) electrons. The first-order valence-electron chi connectivity index (χ1n) is 7.61. The number of sulfonamides is 2. The minimum absolute atomic E-state index is 0.0780. The Morgan fingerprint density at radius 2 is 1.72 bits per heavy atom. The number of hydrogen-bond donors (Lipinski definition) is 1. The first kappa shape index (κ1) is 18.8. The van der Waals surface area contributed by atoms with Crippen LogP contribution >= 0.6 is 22.9 Å². The molecule has 0 amide bonds. The lowest BCUT2D eigenvalue weighted by molar-refractivity contribution is 0.308. The zero-order valence-corrected chi connectivity index (χ0v) is 16.3. The summed E-state index contributed by atoms with van der Waals surface area (Å²) in [6.45, 7) is 0.483. The van der Waals surface area contributed by atoms with E-state index >= 15 is 0 Å². The van der Waals surface area contributed by atoms with E-state index in [4.69, 9.17) is 11.6 Å². The number of halogens is 1. The van der Waals surface area contributed by atoms with Crippen LogP contribution in [0.5, 0.6) is 0 Å². The molecule has 0 bridgehead atoms. The van der Waals surface area contributed by atoms with Crippen LogP contribution in [-0.2, 0) is 20.0 Å². The highest BCUT2D eigenvalue weighted by molar-refractivity contribution is 7.91. The summed E-state index contributed by atoms with van der Waals surface area (Å²) in [6, 6.07) is 9.25. The van der Waals surface area contributed by atoms with Gasteiger partial charge in [-0.3, -0.25) is 0 Å². The molecule has 6 nitrogen and oxygen atoms in total. The molecule has 0 spiro atoms. The molecule has 2 heterocycles. The van der Waals surface area contributed by atoms with Crippen LogP contribution in [0.2, 0.25) is 5.02 Å². The first-order valence-corrected chi connectivity index (χ1v) is 11.8. The summed E-state index contributed by atoms with van der Waals surface area (Å²) in [4.78, 5) is 0.0780.